The number of carbonyl (C=O) groups is 7. The van der Waals surface area contributed by atoms with Crippen LogP contribution in [0.2, 0.25) is 0 Å². The molecular weight excluding hydrogens is 1050 g/mol. The molecule has 0 unspecified atom stereocenters. The first-order chi connectivity index (χ1) is 34.0. The van der Waals surface area contributed by atoms with Crippen molar-refractivity contribution < 1.29 is 78.4 Å². The molecule has 72 heavy (non-hydrogen) atoms. The Labute approximate surface area is 448 Å². The number of nitrogens with one attached hydrogen (secondary N) is 4. The van der Waals surface area contributed by atoms with E-state index in [2.05, 4.69) is 62.2 Å². The number of rotatable bonds is 16. The molecule has 0 radical (unpaired) electrons. The van der Waals surface area contributed by atoms with E-state index in [1.807, 2.05) is 6.92 Å². The first-order valence-electron chi connectivity index (χ1n) is 20.6. The SMILES string of the molecule is Cc1cc(=O)c(C(=O)N[C@@H](C(=O)N[C@@H]2C(=O)N3C(C(=O)[O-])=C(CSc4nnnn4C)CS[C@H]23)c2ccc(O)cc2)c[nH]1.Cc1nnc(SCC2=C(C(=O)O)N3C(=O)[C@@H](NC(=O)Cn4cnnn4)[C@H]3SC2)s1.[Na+]. The second-order valence-corrected chi connectivity index (χ2v) is 21.1. The summed E-state index contributed by atoms with van der Waals surface area (Å²) < 4.78 is 3.41. The monoisotopic (exact) mass is 1090 g/mol. The van der Waals surface area contributed by atoms with Crippen molar-refractivity contribution >= 4 is 99.9 Å². The van der Waals surface area contributed by atoms with Crippen LogP contribution in [0.1, 0.15) is 32.7 Å². The molecule has 370 valence electrons. The van der Waals surface area contributed by atoms with Crippen LogP contribution in [0.15, 0.2) is 79.7 Å². The van der Waals surface area contributed by atoms with Gasteiger partial charge in [0.05, 0.1) is 11.7 Å². The van der Waals surface area contributed by atoms with Crippen molar-refractivity contribution in [2.24, 2.45) is 7.05 Å². The van der Waals surface area contributed by atoms with Crippen molar-refractivity contribution in [1.82, 2.24) is 81.3 Å². The van der Waals surface area contributed by atoms with E-state index in [0.29, 0.717) is 33.5 Å². The zero-order valence-electron chi connectivity index (χ0n) is 37.9. The molecule has 5 aromatic rings. The van der Waals surface area contributed by atoms with Gasteiger partial charge in [-0.15, -0.1) is 43.9 Å². The van der Waals surface area contributed by atoms with Gasteiger partial charge in [0.15, 0.2) is 9.77 Å². The Morgan fingerprint density at radius 3 is 2.12 bits per heavy atom. The number of aromatic nitrogens is 11. The maximum Gasteiger partial charge on any atom is 1.00 e. The van der Waals surface area contributed by atoms with Gasteiger partial charge < -0.3 is 41.0 Å². The summed E-state index contributed by atoms with van der Waals surface area (Å²) in [6.45, 7) is 3.37. The van der Waals surface area contributed by atoms with Crippen LogP contribution in [0.4, 0.5) is 0 Å². The molecule has 5 atom stereocenters. The second kappa shape index (κ2) is 23.2. The van der Waals surface area contributed by atoms with Gasteiger partial charge in [0.1, 0.15) is 63.8 Å². The minimum absolute atomic E-state index is 0. The number of benzene rings is 1. The smallest absolute Gasteiger partial charge is 0.543 e. The maximum absolute atomic E-state index is 13.5. The average Bonchev–Trinajstić information content (AvgIpc) is 4.12. The third kappa shape index (κ3) is 11.7. The summed E-state index contributed by atoms with van der Waals surface area (Å²) in [5.41, 5.74) is 0.843. The molecule has 2 fully saturated rings. The largest absolute Gasteiger partial charge is 1.00 e. The van der Waals surface area contributed by atoms with E-state index in [0.717, 1.165) is 14.2 Å². The number of aromatic amines is 1. The van der Waals surface area contributed by atoms with Gasteiger partial charge in [-0.3, -0.25) is 38.6 Å². The number of carboxylic acid groups (broad SMARTS) is 2. The molecule has 1 aromatic carbocycles. The predicted molar refractivity (Wildman–Crippen MR) is 250 cm³/mol. The van der Waals surface area contributed by atoms with Crippen LogP contribution in [0.25, 0.3) is 0 Å². The first kappa shape index (κ1) is 53.6. The quantitative estimate of drug-likeness (QED) is 0.0306. The number of β-lactam (4-membered cyclic amide) rings is 2. The average molecular weight is 1090 g/mol. The summed E-state index contributed by atoms with van der Waals surface area (Å²) in [7, 11) is 1.64. The molecule has 8 heterocycles. The van der Waals surface area contributed by atoms with E-state index in [9.17, 15) is 53.7 Å². The van der Waals surface area contributed by atoms with Gasteiger partial charge in [-0.25, -0.2) is 14.2 Å². The van der Waals surface area contributed by atoms with Crippen molar-refractivity contribution in [2.75, 3.05) is 23.0 Å². The number of phenols is 1. The fourth-order valence-corrected chi connectivity index (χ4v) is 13.0. The maximum atomic E-state index is 13.5. The molecule has 6 N–H and O–H groups in total. The van der Waals surface area contributed by atoms with Crippen molar-refractivity contribution in [2.45, 2.75) is 58.8 Å². The van der Waals surface area contributed by atoms with Gasteiger partial charge in [-0.2, -0.15) is 0 Å². The molecule has 27 nitrogen and oxygen atoms in total. The predicted octanol–water partition coefficient (Wildman–Crippen LogP) is -5.05. The van der Waals surface area contributed by atoms with Gasteiger partial charge in [0.2, 0.25) is 17.0 Å². The number of hydrogen-bond donors (Lipinski definition) is 6. The summed E-state index contributed by atoms with van der Waals surface area (Å²) in [5.74, 6) is -4.61. The van der Waals surface area contributed by atoms with E-state index in [1.54, 1.807) is 14.0 Å². The number of tetrazole rings is 2. The molecule has 2 saturated heterocycles. The number of carboxylic acids is 2. The summed E-state index contributed by atoms with van der Waals surface area (Å²) in [5, 5.41) is 68.9. The zero-order valence-corrected chi connectivity index (χ0v) is 44.0. The molecule has 0 aliphatic carbocycles. The molecule has 0 saturated carbocycles. The van der Waals surface area contributed by atoms with Crippen molar-refractivity contribution in [3.63, 3.8) is 0 Å². The van der Waals surface area contributed by atoms with Crippen LogP contribution in [0, 0.1) is 13.8 Å². The number of pyridine rings is 1. The number of thioether (sulfide) groups is 4. The summed E-state index contributed by atoms with van der Waals surface area (Å²) >= 11 is 6.71. The molecule has 0 bridgehead atoms. The molecule has 4 aliphatic rings. The van der Waals surface area contributed by atoms with E-state index < -0.39 is 75.8 Å². The fraction of sp³-hybridized carbons (Fsp3) is 0.333. The van der Waals surface area contributed by atoms with Gasteiger partial charge >= 0.3 is 35.5 Å². The van der Waals surface area contributed by atoms with E-state index in [1.165, 1.54) is 116 Å². The van der Waals surface area contributed by atoms with Crippen LogP contribution in [0.5, 0.6) is 5.75 Å². The normalized spacial score (nSPS) is 19.3. The Bertz CT molecular complexity index is 3060. The Kier molecular flexibility index (Phi) is 17.2. The Morgan fingerprint density at radius 2 is 1.54 bits per heavy atom. The number of aromatic hydroxyl groups is 1. The molecule has 4 aliphatic heterocycles. The van der Waals surface area contributed by atoms with Crippen LogP contribution >= 0.6 is 58.4 Å². The van der Waals surface area contributed by atoms with Gasteiger partial charge in [-0.05, 0) is 63.5 Å². The molecule has 0 spiro atoms. The Hall–Kier alpha value is -6.16. The summed E-state index contributed by atoms with van der Waals surface area (Å²) in [6, 6.07) is 3.49. The van der Waals surface area contributed by atoms with E-state index in [4.69, 9.17) is 0 Å². The standard InChI is InChI=1S/C25H24N8O7S2.C14H14N8O4S3.Na/c1-11-7-16(35)15(8-26-11)20(36)27-17(12-3-5-14(34)6-4-12)21(37)28-18-22(38)33-19(24(39)40)13(9-41-23(18)33)10-42-25-29-30-31-32(25)2;1-6-17-18-14(29-6)28-4-7-3-27-12-9(11(24)22(12)10(7)13(25)26)16-8(23)2-21-5-15-19-20-21;/h3-8,17-18,23,34H,9-10H2,1-2H3,(H,26,35)(H,27,36)(H,28,37)(H,39,40);5,9,12H,2-4H2,1H3,(H,16,23)(H,25,26);/q;;+1/p-1/t17-,18-,23-;9-,12-;/m11./s1. The molecular formula is C39H37N16NaO11S5. The fourth-order valence-electron chi connectivity index (χ4n) is 7.34. The topological polar surface area (TPSA) is 371 Å². The van der Waals surface area contributed by atoms with E-state index in [-0.39, 0.29) is 75.9 Å². The van der Waals surface area contributed by atoms with Crippen LogP contribution in [-0.4, -0.2) is 163 Å². The summed E-state index contributed by atoms with van der Waals surface area (Å²) in [4.78, 5) is 106. The van der Waals surface area contributed by atoms with Crippen LogP contribution < -0.4 is 56.0 Å². The Morgan fingerprint density at radius 1 is 0.889 bits per heavy atom. The van der Waals surface area contributed by atoms with Crippen LogP contribution in [-0.2, 0) is 42.4 Å². The molecule has 5 amide bonds. The summed E-state index contributed by atoms with van der Waals surface area (Å²) in [6.07, 6.45) is 2.52. The van der Waals surface area contributed by atoms with Crippen molar-refractivity contribution in [3.05, 3.63) is 97.4 Å². The van der Waals surface area contributed by atoms with Crippen molar-refractivity contribution in [3.8, 4) is 5.75 Å². The zero-order chi connectivity index (χ0) is 50.7. The van der Waals surface area contributed by atoms with Gasteiger partial charge in [-0.1, -0.05) is 47.0 Å². The Balaban J connectivity index is 0.000000222. The number of hydrogen-bond acceptors (Lipinski definition) is 23. The van der Waals surface area contributed by atoms with Crippen molar-refractivity contribution in [1.29, 1.82) is 0 Å². The molecule has 33 heteroatoms. The molecule has 9 rings (SSSR count). The van der Waals surface area contributed by atoms with Crippen LogP contribution in [0.3, 0.4) is 0 Å². The number of nitrogens with zero attached hydrogens (tertiary/aromatic N) is 12. The number of amides is 5. The minimum atomic E-state index is -1.53. The third-order valence-electron chi connectivity index (χ3n) is 10.7. The number of carbonyl (C=O) groups excluding carboxylic acids is 6. The number of phenolic OH excluding ortho intramolecular Hbond substituents is 1. The third-order valence-corrected chi connectivity index (χ3v) is 16.5. The number of fused-ring (bicyclic) bond motifs is 2. The van der Waals surface area contributed by atoms with Gasteiger partial charge in [0, 0.05) is 48.0 Å². The van der Waals surface area contributed by atoms with Gasteiger partial charge in [0.25, 0.3) is 17.7 Å². The number of H-pyrrole nitrogens is 1. The number of aryl methyl sites for hydroxylation is 3. The molecule has 4 aromatic heterocycles. The first-order valence-corrected chi connectivity index (χ1v) is 25.5. The number of aliphatic carboxylic acids is 2. The minimum Gasteiger partial charge on any atom is -0.543 e. The second-order valence-electron chi connectivity index (χ2n) is 15.5. The van der Waals surface area contributed by atoms with E-state index >= 15 is 0 Å².